The van der Waals surface area contributed by atoms with Gasteiger partial charge in [-0.25, -0.2) is 9.48 Å². The molecule has 2 aromatic rings. The van der Waals surface area contributed by atoms with Gasteiger partial charge in [0.25, 0.3) is 5.56 Å². The number of H-pyrrole nitrogens is 1. The summed E-state index contributed by atoms with van der Waals surface area (Å²) in [5.41, 5.74) is -0.755. The van der Waals surface area contributed by atoms with E-state index in [1.807, 2.05) is 0 Å². The molecule has 5 unspecified atom stereocenters. The Labute approximate surface area is 174 Å². The van der Waals surface area contributed by atoms with Crippen molar-refractivity contribution in [2.45, 2.75) is 56.0 Å². The van der Waals surface area contributed by atoms with Crippen molar-refractivity contribution >= 4 is 0 Å². The third kappa shape index (κ3) is 4.59. The number of nitrogens with one attached hydrogen (secondary N) is 1. The van der Waals surface area contributed by atoms with Crippen LogP contribution in [0.25, 0.3) is 0 Å². The first-order valence-electron chi connectivity index (χ1n) is 9.62. The number of aliphatic hydroxyl groups excluding tert-OH is 4. The largest absolute Gasteiger partial charge is 0.390 e. The van der Waals surface area contributed by atoms with E-state index in [0.29, 0.717) is 5.69 Å². The van der Waals surface area contributed by atoms with Gasteiger partial charge in [-0.05, 0) is 0 Å². The molecule has 0 radical (unpaired) electrons. The maximum absolute atomic E-state index is 11.9. The van der Waals surface area contributed by atoms with Crippen LogP contribution in [0.4, 0.5) is 0 Å². The molecule has 0 amide bonds. The van der Waals surface area contributed by atoms with Gasteiger partial charge in [-0.2, -0.15) is 0 Å². The van der Waals surface area contributed by atoms with Crippen LogP contribution in [0, 0.1) is 0 Å². The van der Waals surface area contributed by atoms with Gasteiger partial charge in [-0.3, -0.25) is 14.3 Å². The van der Waals surface area contributed by atoms with E-state index < -0.39 is 54.2 Å². The average Bonchev–Trinajstić information content (AvgIpc) is 3.33. The van der Waals surface area contributed by atoms with Crippen molar-refractivity contribution < 1.29 is 34.6 Å². The molecule has 0 spiro atoms. The lowest BCUT2D eigenvalue weighted by atomic mass is 10.0. The van der Waals surface area contributed by atoms with Crippen LogP contribution in [0.15, 0.2) is 28.0 Å². The number of hydrogen-bond acceptors (Lipinski definition) is 11. The Hall–Kier alpha value is -2.46. The molecule has 2 aromatic heterocycles. The minimum Gasteiger partial charge on any atom is -0.390 e. The zero-order chi connectivity index (χ0) is 22.1. The monoisotopic (exact) mass is 441 g/mol. The topological polar surface area (TPSA) is 194 Å². The molecule has 2 aliphatic rings. The van der Waals surface area contributed by atoms with Crippen LogP contribution < -0.4 is 11.2 Å². The highest BCUT2D eigenvalue weighted by Crippen LogP contribution is 2.28. The quantitative estimate of drug-likeness (QED) is 0.300. The third-order valence-corrected chi connectivity index (χ3v) is 5.19. The van der Waals surface area contributed by atoms with Gasteiger partial charge in [0.1, 0.15) is 36.3 Å². The molecule has 0 aromatic carbocycles. The number of aromatic amines is 1. The van der Waals surface area contributed by atoms with E-state index in [2.05, 4.69) is 15.3 Å². The summed E-state index contributed by atoms with van der Waals surface area (Å²) in [7, 11) is 0. The summed E-state index contributed by atoms with van der Waals surface area (Å²) in [4.78, 5) is 25.2. The lowest BCUT2D eigenvalue weighted by Crippen LogP contribution is -2.50. The van der Waals surface area contributed by atoms with Crippen molar-refractivity contribution in [3.05, 3.63) is 45.0 Å². The molecule has 2 saturated heterocycles. The van der Waals surface area contributed by atoms with Crippen LogP contribution in [0.5, 0.6) is 0 Å². The van der Waals surface area contributed by atoms with Crippen molar-refractivity contribution in [1.82, 2.24) is 24.5 Å². The Morgan fingerprint density at radius 2 is 2.00 bits per heavy atom. The number of ether oxygens (including phenoxy) is 3. The van der Waals surface area contributed by atoms with Gasteiger partial charge < -0.3 is 34.6 Å². The minimum absolute atomic E-state index is 0.0100. The Balaban J connectivity index is 1.30. The van der Waals surface area contributed by atoms with E-state index in [0.717, 1.165) is 0 Å². The molecule has 2 fully saturated rings. The normalized spacial score (nSPS) is 33.6. The minimum atomic E-state index is -1.38. The van der Waals surface area contributed by atoms with Crippen molar-refractivity contribution in [1.29, 1.82) is 0 Å². The zero-order valence-electron chi connectivity index (χ0n) is 16.2. The van der Waals surface area contributed by atoms with E-state index in [1.165, 1.54) is 27.7 Å². The molecular formula is C17H23N5O9. The first-order valence-corrected chi connectivity index (χ1v) is 9.62. The molecular weight excluding hydrogens is 418 g/mol. The number of rotatable bonds is 6. The third-order valence-electron chi connectivity index (χ3n) is 5.19. The van der Waals surface area contributed by atoms with Crippen molar-refractivity contribution in [3.63, 3.8) is 0 Å². The maximum atomic E-state index is 11.9. The van der Waals surface area contributed by atoms with Crippen LogP contribution in [-0.2, 0) is 20.8 Å². The summed E-state index contributed by atoms with van der Waals surface area (Å²) in [6.45, 7) is -0.134. The van der Waals surface area contributed by atoms with Gasteiger partial charge in [0, 0.05) is 18.7 Å². The number of nitrogens with zero attached hydrogens (tertiary/aromatic N) is 4. The Kier molecular flexibility index (Phi) is 6.29. The first-order chi connectivity index (χ1) is 14.8. The molecule has 170 valence electrons. The van der Waals surface area contributed by atoms with E-state index in [9.17, 15) is 30.0 Å². The summed E-state index contributed by atoms with van der Waals surface area (Å²) in [5, 5.41) is 47.3. The zero-order valence-corrected chi connectivity index (χ0v) is 16.2. The highest BCUT2D eigenvalue weighted by molar-refractivity contribution is 4.94. The van der Waals surface area contributed by atoms with Crippen LogP contribution in [0.1, 0.15) is 24.6 Å². The second-order valence-electron chi connectivity index (χ2n) is 7.43. The van der Waals surface area contributed by atoms with Crippen LogP contribution in [0.3, 0.4) is 0 Å². The van der Waals surface area contributed by atoms with Crippen LogP contribution in [-0.4, -0.2) is 88.7 Å². The molecule has 0 bridgehead atoms. The summed E-state index contributed by atoms with van der Waals surface area (Å²) in [6.07, 6.45) is -4.33. The van der Waals surface area contributed by atoms with Gasteiger partial charge in [-0.15, -0.1) is 5.10 Å². The predicted molar refractivity (Wildman–Crippen MR) is 98.5 cm³/mol. The lowest BCUT2D eigenvalue weighted by Gasteiger charge is -2.34. The van der Waals surface area contributed by atoms with Gasteiger partial charge in [0.05, 0.1) is 32.1 Å². The summed E-state index contributed by atoms with van der Waals surface area (Å²) >= 11 is 0. The standard InChI is InChI=1S/C17H23N5O9/c23-9-3-13(21-2-1-12(25)18-17(21)28)31-11(9)7-29-5-8-4-22(20-19-8)16-15(27)14(26)10(24)6-30-16/h1-2,4,9-11,13-16,23-24,26-27H,3,5-7H2,(H,18,25,28)/t9?,10?,11-,13-,14?,15?,16?/m1/s1. The predicted octanol–water partition coefficient (Wildman–Crippen LogP) is -3.40. The van der Waals surface area contributed by atoms with Gasteiger partial charge in [-0.1, -0.05) is 5.21 Å². The number of aromatic nitrogens is 5. The maximum Gasteiger partial charge on any atom is 0.330 e. The first kappa shape index (κ1) is 21.8. The fourth-order valence-electron chi connectivity index (χ4n) is 3.50. The molecule has 14 nitrogen and oxygen atoms in total. The van der Waals surface area contributed by atoms with Gasteiger partial charge in [0.15, 0.2) is 6.23 Å². The highest BCUT2D eigenvalue weighted by atomic mass is 16.6. The average molecular weight is 441 g/mol. The lowest BCUT2D eigenvalue weighted by molar-refractivity contribution is -0.214. The summed E-state index contributed by atoms with van der Waals surface area (Å²) in [5.74, 6) is 0. The van der Waals surface area contributed by atoms with Gasteiger partial charge in [0.2, 0.25) is 0 Å². The molecule has 0 aliphatic carbocycles. The molecule has 5 N–H and O–H groups in total. The highest BCUT2D eigenvalue weighted by Gasteiger charge is 2.39. The molecule has 31 heavy (non-hydrogen) atoms. The molecule has 4 rings (SSSR count). The van der Waals surface area contributed by atoms with E-state index in [1.54, 1.807) is 0 Å². The fraction of sp³-hybridized carbons (Fsp3) is 0.647. The Morgan fingerprint density at radius 1 is 1.19 bits per heavy atom. The smallest absolute Gasteiger partial charge is 0.330 e. The molecule has 4 heterocycles. The Morgan fingerprint density at radius 3 is 2.77 bits per heavy atom. The van der Waals surface area contributed by atoms with Crippen molar-refractivity contribution in [3.8, 4) is 0 Å². The molecule has 14 heteroatoms. The number of aliphatic hydroxyl groups is 4. The summed E-state index contributed by atoms with van der Waals surface area (Å²) in [6, 6.07) is 1.19. The molecule has 2 aliphatic heterocycles. The van der Waals surface area contributed by atoms with E-state index in [4.69, 9.17) is 14.2 Å². The van der Waals surface area contributed by atoms with E-state index >= 15 is 0 Å². The second kappa shape index (κ2) is 8.96. The van der Waals surface area contributed by atoms with Crippen molar-refractivity contribution in [2.24, 2.45) is 0 Å². The van der Waals surface area contributed by atoms with Crippen LogP contribution in [0.2, 0.25) is 0 Å². The fourth-order valence-corrected chi connectivity index (χ4v) is 3.50. The molecule has 0 saturated carbocycles. The number of hydrogen-bond donors (Lipinski definition) is 5. The SMILES string of the molecule is O=c1ccn([C@H]2CC(O)[C@@H](COCc3cn(C4OCC(O)C(O)C4O)nn3)O2)c(=O)[nH]1. The Bertz CT molecular complexity index is 1010. The van der Waals surface area contributed by atoms with Crippen molar-refractivity contribution in [2.75, 3.05) is 13.2 Å². The second-order valence-corrected chi connectivity index (χ2v) is 7.43. The summed E-state index contributed by atoms with van der Waals surface area (Å²) < 4.78 is 18.9. The van der Waals surface area contributed by atoms with E-state index in [-0.39, 0.29) is 26.2 Å². The van der Waals surface area contributed by atoms with Crippen LogP contribution >= 0.6 is 0 Å². The van der Waals surface area contributed by atoms with Gasteiger partial charge >= 0.3 is 5.69 Å². The molecule has 7 atom stereocenters.